The Morgan fingerprint density at radius 2 is 1.56 bits per heavy atom. The number of nitro benzene ring substituents is 1. The number of sulfonamides is 1. The summed E-state index contributed by atoms with van der Waals surface area (Å²) < 4.78 is 39.5. The molecule has 0 saturated heterocycles. The number of benzene rings is 3. The fourth-order valence-corrected chi connectivity index (χ4v) is 5.73. The van der Waals surface area contributed by atoms with E-state index in [1.165, 1.54) is 36.7 Å². The van der Waals surface area contributed by atoms with Crippen molar-refractivity contribution in [1.29, 1.82) is 0 Å². The van der Waals surface area contributed by atoms with Gasteiger partial charge in [0.1, 0.15) is 0 Å². The Hall–Kier alpha value is -3.43. The van der Waals surface area contributed by atoms with Crippen LogP contribution >= 0.6 is 0 Å². The van der Waals surface area contributed by atoms with E-state index in [-0.39, 0.29) is 17.1 Å². The van der Waals surface area contributed by atoms with E-state index >= 15 is 0 Å². The molecule has 166 valence electrons. The summed E-state index contributed by atoms with van der Waals surface area (Å²) in [5.74, 6) is 0.945. The summed E-state index contributed by atoms with van der Waals surface area (Å²) in [5.41, 5.74) is 1.63. The van der Waals surface area contributed by atoms with E-state index in [0.717, 1.165) is 5.56 Å². The normalized spacial score (nSPS) is 16.2. The van der Waals surface area contributed by atoms with Gasteiger partial charge >= 0.3 is 0 Å². The van der Waals surface area contributed by atoms with Crippen molar-refractivity contribution in [2.24, 2.45) is 0 Å². The first-order valence-corrected chi connectivity index (χ1v) is 11.4. The van der Waals surface area contributed by atoms with Crippen LogP contribution < -0.4 is 9.47 Å². The first kappa shape index (κ1) is 21.8. The molecule has 0 radical (unpaired) electrons. The monoisotopic (exact) mass is 454 g/mol. The summed E-state index contributed by atoms with van der Waals surface area (Å²) in [6.45, 7) is 0.163. The van der Waals surface area contributed by atoms with Crippen molar-refractivity contribution in [2.75, 3.05) is 20.8 Å². The lowest BCUT2D eigenvalue weighted by Gasteiger charge is -2.36. The largest absolute Gasteiger partial charge is 0.493 e. The van der Waals surface area contributed by atoms with Crippen molar-refractivity contribution < 1.29 is 22.8 Å². The number of para-hydroxylation sites is 1. The Morgan fingerprint density at radius 1 is 0.938 bits per heavy atom. The first-order valence-electron chi connectivity index (χ1n) is 9.93. The molecule has 9 heteroatoms. The summed E-state index contributed by atoms with van der Waals surface area (Å²) in [6, 6.07) is 16.9. The minimum absolute atomic E-state index is 0.132. The van der Waals surface area contributed by atoms with Crippen LogP contribution in [0.1, 0.15) is 22.7 Å². The minimum Gasteiger partial charge on any atom is -0.493 e. The molecular formula is C23H22N2O6S. The molecular weight excluding hydrogens is 432 g/mol. The number of rotatable bonds is 6. The van der Waals surface area contributed by atoms with Crippen LogP contribution in [0.5, 0.6) is 11.5 Å². The van der Waals surface area contributed by atoms with E-state index < -0.39 is 21.0 Å². The molecule has 0 aliphatic carbocycles. The van der Waals surface area contributed by atoms with Crippen LogP contribution in [0.25, 0.3) is 0 Å². The molecule has 0 saturated carbocycles. The zero-order chi connectivity index (χ0) is 22.9. The quantitative estimate of drug-likeness (QED) is 0.413. The van der Waals surface area contributed by atoms with Crippen molar-refractivity contribution in [3.63, 3.8) is 0 Å². The molecule has 32 heavy (non-hydrogen) atoms. The third-order valence-corrected chi connectivity index (χ3v) is 7.49. The Bertz CT molecular complexity index is 1260. The molecule has 0 bridgehead atoms. The third kappa shape index (κ3) is 3.69. The average molecular weight is 455 g/mol. The van der Waals surface area contributed by atoms with Crippen LogP contribution in [0.15, 0.2) is 71.6 Å². The van der Waals surface area contributed by atoms with Crippen LogP contribution in [0.4, 0.5) is 5.69 Å². The fraction of sp³-hybridized carbons (Fsp3) is 0.217. The molecule has 1 aliphatic heterocycles. The molecule has 4 rings (SSSR count). The maximum absolute atomic E-state index is 13.6. The lowest BCUT2D eigenvalue weighted by Crippen LogP contribution is -2.40. The average Bonchev–Trinajstić information content (AvgIpc) is 2.82. The summed E-state index contributed by atoms with van der Waals surface area (Å²) in [5, 5.41) is 11.8. The zero-order valence-corrected chi connectivity index (χ0v) is 18.4. The van der Waals surface area contributed by atoms with Crippen molar-refractivity contribution >= 4 is 15.7 Å². The SMILES string of the molecule is COc1cc2c(cc1OC)[C@@H](c1ccccc1[N+](=O)[O-])N(S(=O)(=O)c1ccccc1)CC2. The predicted molar refractivity (Wildman–Crippen MR) is 119 cm³/mol. The second kappa shape index (κ2) is 8.60. The van der Waals surface area contributed by atoms with Crippen LogP contribution in [0.3, 0.4) is 0 Å². The van der Waals surface area contributed by atoms with Crippen molar-refractivity contribution in [3.05, 3.63) is 93.5 Å². The molecule has 1 heterocycles. The second-order valence-corrected chi connectivity index (χ2v) is 9.19. The number of nitro groups is 1. The molecule has 8 nitrogen and oxygen atoms in total. The van der Waals surface area contributed by atoms with Gasteiger partial charge in [0.2, 0.25) is 10.0 Å². The molecule has 0 unspecified atom stereocenters. The van der Waals surface area contributed by atoms with E-state index in [2.05, 4.69) is 0 Å². The van der Waals surface area contributed by atoms with E-state index in [1.54, 1.807) is 42.5 Å². The van der Waals surface area contributed by atoms with Gasteiger partial charge in [-0.15, -0.1) is 0 Å². The summed E-state index contributed by atoms with van der Waals surface area (Å²) in [6.07, 6.45) is 0.429. The number of nitrogens with zero attached hydrogens (tertiary/aromatic N) is 2. The highest BCUT2D eigenvalue weighted by Crippen LogP contribution is 2.45. The van der Waals surface area contributed by atoms with Gasteiger partial charge < -0.3 is 9.47 Å². The molecule has 0 fully saturated rings. The van der Waals surface area contributed by atoms with Crippen molar-refractivity contribution in [2.45, 2.75) is 17.4 Å². The highest BCUT2D eigenvalue weighted by atomic mass is 32.2. The van der Waals surface area contributed by atoms with Crippen LogP contribution in [0, 0.1) is 10.1 Å². The van der Waals surface area contributed by atoms with Crippen molar-refractivity contribution in [3.8, 4) is 11.5 Å². The second-order valence-electron chi connectivity index (χ2n) is 7.30. The Morgan fingerprint density at radius 3 is 2.22 bits per heavy atom. The summed E-state index contributed by atoms with van der Waals surface area (Å²) in [7, 11) is -0.923. The number of hydrogen-bond donors (Lipinski definition) is 0. The highest BCUT2D eigenvalue weighted by molar-refractivity contribution is 7.89. The third-order valence-electron chi connectivity index (χ3n) is 5.61. The predicted octanol–water partition coefficient (Wildman–Crippen LogP) is 3.95. The van der Waals surface area contributed by atoms with Gasteiger partial charge in [0.25, 0.3) is 5.69 Å². The molecule has 1 atom stereocenters. The zero-order valence-electron chi connectivity index (χ0n) is 17.6. The molecule has 0 N–H and O–H groups in total. The number of fused-ring (bicyclic) bond motifs is 1. The van der Waals surface area contributed by atoms with Crippen LogP contribution in [-0.4, -0.2) is 38.4 Å². The Kier molecular flexibility index (Phi) is 5.86. The molecule has 0 aromatic heterocycles. The molecule has 3 aromatic rings. The van der Waals surface area contributed by atoms with Gasteiger partial charge in [-0.1, -0.05) is 36.4 Å². The van der Waals surface area contributed by atoms with Crippen LogP contribution in [-0.2, 0) is 16.4 Å². The van der Waals surface area contributed by atoms with Gasteiger partial charge in [0, 0.05) is 12.6 Å². The van der Waals surface area contributed by atoms with Gasteiger partial charge in [-0.25, -0.2) is 8.42 Å². The van der Waals surface area contributed by atoms with Gasteiger partial charge in [0.15, 0.2) is 11.5 Å². The maximum Gasteiger partial charge on any atom is 0.274 e. The van der Waals surface area contributed by atoms with Gasteiger partial charge in [-0.05, 0) is 41.8 Å². The van der Waals surface area contributed by atoms with E-state index in [0.29, 0.717) is 29.0 Å². The van der Waals surface area contributed by atoms with Crippen LogP contribution in [0.2, 0.25) is 0 Å². The van der Waals surface area contributed by atoms with E-state index in [1.807, 2.05) is 6.07 Å². The van der Waals surface area contributed by atoms with E-state index in [9.17, 15) is 18.5 Å². The van der Waals surface area contributed by atoms with Crippen molar-refractivity contribution in [1.82, 2.24) is 4.31 Å². The lowest BCUT2D eigenvalue weighted by atomic mass is 9.88. The lowest BCUT2D eigenvalue weighted by molar-refractivity contribution is -0.385. The summed E-state index contributed by atoms with van der Waals surface area (Å²) >= 11 is 0. The molecule has 0 spiro atoms. The highest BCUT2D eigenvalue weighted by Gasteiger charge is 2.40. The standard InChI is InChI=1S/C23H22N2O6S/c1-30-21-14-16-12-13-24(32(28,29)17-8-4-3-5-9-17)23(19(16)15-22(21)31-2)18-10-6-7-11-20(18)25(26)27/h3-11,14-15,23H,12-13H2,1-2H3/t23-/m1/s1. The number of ether oxygens (including phenoxy) is 2. The Balaban J connectivity index is 1.98. The maximum atomic E-state index is 13.6. The topological polar surface area (TPSA) is 99.0 Å². The minimum atomic E-state index is -3.94. The smallest absolute Gasteiger partial charge is 0.274 e. The molecule has 3 aromatic carbocycles. The number of methoxy groups -OCH3 is 2. The number of hydrogen-bond acceptors (Lipinski definition) is 6. The van der Waals surface area contributed by atoms with Gasteiger partial charge in [-0.3, -0.25) is 10.1 Å². The summed E-state index contributed by atoms with van der Waals surface area (Å²) in [4.78, 5) is 11.5. The molecule has 0 amide bonds. The first-order chi connectivity index (χ1) is 15.4. The fourth-order valence-electron chi connectivity index (χ4n) is 4.12. The molecule has 1 aliphatic rings. The Labute approximate surface area is 186 Å². The van der Waals surface area contributed by atoms with E-state index in [4.69, 9.17) is 9.47 Å². The van der Waals surface area contributed by atoms with Gasteiger partial charge in [0.05, 0.1) is 35.6 Å². The van der Waals surface area contributed by atoms with Gasteiger partial charge in [-0.2, -0.15) is 4.31 Å².